The van der Waals surface area contributed by atoms with Crippen molar-refractivity contribution in [1.29, 1.82) is 0 Å². The highest BCUT2D eigenvalue weighted by Gasteiger charge is 2.45. The smallest absolute Gasteiger partial charge is 0.319 e. The van der Waals surface area contributed by atoms with Gasteiger partial charge in [-0.05, 0) is 49.9 Å². The minimum absolute atomic E-state index is 0.196. The van der Waals surface area contributed by atoms with Crippen LogP contribution in [0.5, 0.6) is 0 Å². The summed E-state index contributed by atoms with van der Waals surface area (Å²) in [5, 5.41) is 6.60. The summed E-state index contributed by atoms with van der Waals surface area (Å²) in [5.41, 5.74) is 3.86. The summed E-state index contributed by atoms with van der Waals surface area (Å²) in [6, 6.07) is 13.7. The van der Waals surface area contributed by atoms with Gasteiger partial charge in [-0.15, -0.1) is 0 Å². The number of halogens is 1. The van der Waals surface area contributed by atoms with Crippen LogP contribution in [0.1, 0.15) is 29.5 Å². The van der Waals surface area contributed by atoms with Crippen LogP contribution in [0.4, 0.5) is 10.5 Å². The van der Waals surface area contributed by atoms with Crippen LogP contribution in [-0.4, -0.2) is 6.03 Å². The van der Waals surface area contributed by atoms with E-state index in [4.69, 9.17) is 11.6 Å². The number of anilines is 1. The number of urea groups is 1. The Morgan fingerprint density at radius 3 is 2.36 bits per heavy atom. The molecule has 1 saturated carbocycles. The number of rotatable bonds is 3. The summed E-state index contributed by atoms with van der Waals surface area (Å²) in [4.78, 5) is 12.2. The standard InChI is InChI=1S/C18H19ClN2O/c1-12-3-6-14(7-4-12)18(9-10-18)21-17(22)20-15-8-5-13(2)16(19)11-15/h3-8,11H,9-10H2,1-2H3,(H2,20,21,22). The lowest BCUT2D eigenvalue weighted by Gasteiger charge is -2.19. The van der Waals surface area contributed by atoms with E-state index in [0.29, 0.717) is 10.7 Å². The van der Waals surface area contributed by atoms with E-state index < -0.39 is 0 Å². The highest BCUT2D eigenvalue weighted by molar-refractivity contribution is 6.31. The third-order valence-corrected chi connectivity index (χ3v) is 4.54. The highest BCUT2D eigenvalue weighted by atomic mass is 35.5. The minimum Gasteiger partial charge on any atom is -0.328 e. The second-order valence-corrected chi connectivity index (χ2v) is 6.40. The molecule has 0 aliphatic heterocycles. The first-order chi connectivity index (χ1) is 10.5. The van der Waals surface area contributed by atoms with Crippen molar-refractivity contribution in [2.45, 2.75) is 32.2 Å². The van der Waals surface area contributed by atoms with E-state index in [1.54, 1.807) is 6.07 Å². The molecule has 22 heavy (non-hydrogen) atoms. The SMILES string of the molecule is Cc1ccc(C2(NC(=O)Nc3ccc(C)c(Cl)c3)CC2)cc1. The number of nitrogens with one attached hydrogen (secondary N) is 2. The van der Waals surface area contributed by atoms with Crippen molar-refractivity contribution in [3.05, 3.63) is 64.2 Å². The average molecular weight is 315 g/mol. The monoisotopic (exact) mass is 314 g/mol. The normalized spacial score (nSPS) is 15.2. The Hall–Kier alpha value is -2.00. The van der Waals surface area contributed by atoms with Crippen molar-refractivity contribution in [2.24, 2.45) is 0 Å². The summed E-state index contributed by atoms with van der Waals surface area (Å²) in [5.74, 6) is 0. The molecule has 0 unspecified atom stereocenters. The Bertz CT molecular complexity index is 706. The molecule has 0 atom stereocenters. The number of carbonyl (C=O) groups is 1. The van der Waals surface area contributed by atoms with Gasteiger partial charge in [0.15, 0.2) is 0 Å². The van der Waals surface area contributed by atoms with E-state index in [9.17, 15) is 4.79 Å². The summed E-state index contributed by atoms with van der Waals surface area (Å²) >= 11 is 6.08. The Balaban J connectivity index is 1.68. The summed E-state index contributed by atoms with van der Waals surface area (Å²) in [7, 11) is 0. The largest absolute Gasteiger partial charge is 0.328 e. The molecule has 2 N–H and O–H groups in total. The molecule has 0 aromatic heterocycles. The predicted molar refractivity (Wildman–Crippen MR) is 90.4 cm³/mol. The number of hydrogen-bond donors (Lipinski definition) is 2. The van der Waals surface area contributed by atoms with Gasteiger partial charge in [0.25, 0.3) is 0 Å². The third kappa shape index (κ3) is 3.09. The molecule has 4 heteroatoms. The lowest BCUT2D eigenvalue weighted by molar-refractivity contribution is 0.247. The first-order valence-corrected chi connectivity index (χ1v) is 7.79. The maximum Gasteiger partial charge on any atom is 0.319 e. The highest BCUT2D eigenvalue weighted by Crippen LogP contribution is 2.45. The van der Waals surface area contributed by atoms with Crippen LogP contribution in [0.15, 0.2) is 42.5 Å². The number of carbonyl (C=O) groups excluding carboxylic acids is 1. The molecule has 2 aromatic rings. The van der Waals surface area contributed by atoms with E-state index in [1.165, 1.54) is 5.56 Å². The lowest BCUT2D eigenvalue weighted by Crippen LogP contribution is -2.38. The zero-order valence-electron chi connectivity index (χ0n) is 12.7. The Kier molecular flexibility index (Phi) is 3.83. The van der Waals surface area contributed by atoms with Crippen LogP contribution in [-0.2, 0) is 5.54 Å². The molecule has 0 spiro atoms. The van der Waals surface area contributed by atoms with Crippen molar-refractivity contribution < 1.29 is 4.79 Å². The third-order valence-electron chi connectivity index (χ3n) is 4.14. The van der Waals surface area contributed by atoms with Gasteiger partial charge in [-0.1, -0.05) is 47.5 Å². The Labute approximate surface area is 135 Å². The van der Waals surface area contributed by atoms with Gasteiger partial charge in [-0.3, -0.25) is 0 Å². The molecule has 0 bridgehead atoms. The van der Waals surface area contributed by atoms with Gasteiger partial charge < -0.3 is 10.6 Å². The molecule has 3 rings (SSSR count). The van der Waals surface area contributed by atoms with Crippen LogP contribution in [0.25, 0.3) is 0 Å². The van der Waals surface area contributed by atoms with Crippen molar-refractivity contribution >= 4 is 23.3 Å². The Morgan fingerprint density at radius 2 is 1.77 bits per heavy atom. The van der Waals surface area contributed by atoms with E-state index in [1.807, 2.05) is 19.1 Å². The molecule has 0 heterocycles. The maximum absolute atomic E-state index is 12.2. The molecule has 1 aliphatic rings. The molecule has 3 nitrogen and oxygen atoms in total. The maximum atomic E-state index is 12.2. The fourth-order valence-electron chi connectivity index (χ4n) is 2.53. The van der Waals surface area contributed by atoms with Gasteiger partial charge >= 0.3 is 6.03 Å². The molecule has 0 saturated heterocycles. The fraction of sp³-hybridized carbons (Fsp3) is 0.278. The molecular weight excluding hydrogens is 296 g/mol. The van der Waals surface area contributed by atoms with Crippen molar-refractivity contribution in [2.75, 3.05) is 5.32 Å². The first kappa shape index (κ1) is 14.9. The number of aryl methyl sites for hydroxylation is 2. The number of hydrogen-bond acceptors (Lipinski definition) is 1. The number of benzene rings is 2. The zero-order valence-corrected chi connectivity index (χ0v) is 13.5. The van der Waals surface area contributed by atoms with Crippen molar-refractivity contribution in [3.63, 3.8) is 0 Å². The minimum atomic E-state index is -0.216. The van der Waals surface area contributed by atoms with Gasteiger partial charge in [-0.2, -0.15) is 0 Å². The van der Waals surface area contributed by atoms with Crippen LogP contribution >= 0.6 is 11.6 Å². The topological polar surface area (TPSA) is 41.1 Å². The molecule has 2 aromatic carbocycles. The fourth-order valence-corrected chi connectivity index (χ4v) is 2.71. The lowest BCUT2D eigenvalue weighted by atomic mass is 10.0. The second kappa shape index (κ2) is 5.65. The first-order valence-electron chi connectivity index (χ1n) is 7.41. The zero-order chi connectivity index (χ0) is 15.7. The summed E-state index contributed by atoms with van der Waals surface area (Å²) in [6.07, 6.45) is 1.94. The summed E-state index contributed by atoms with van der Waals surface area (Å²) < 4.78 is 0. The van der Waals surface area contributed by atoms with Crippen LogP contribution in [0.3, 0.4) is 0 Å². The molecular formula is C18H19ClN2O. The number of amides is 2. The van der Waals surface area contributed by atoms with Gasteiger partial charge in [0.1, 0.15) is 0 Å². The van der Waals surface area contributed by atoms with Gasteiger partial charge in [0.2, 0.25) is 0 Å². The second-order valence-electron chi connectivity index (χ2n) is 5.99. The van der Waals surface area contributed by atoms with Gasteiger partial charge in [0.05, 0.1) is 5.54 Å². The van der Waals surface area contributed by atoms with Crippen LogP contribution in [0, 0.1) is 13.8 Å². The Morgan fingerprint density at radius 1 is 1.09 bits per heavy atom. The average Bonchev–Trinajstić information content (AvgIpc) is 3.24. The van der Waals surface area contributed by atoms with Gasteiger partial charge in [0, 0.05) is 10.7 Å². The molecule has 0 radical (unpaired) electrons. The van der Waals surface area contributed by atoms with E-state index >= 15 is 0 Å². The van der Waals surface area contributed by atoms with Crippen molar-refractivity contribution in [1.82, 2.24) is 5.32 Å². The summed E-state index contributed by atoms with van der Waals surface area (Å²) in [6.45, 7) is 3.99. The molecule has 2 amide bonds. The quantitative estimate of drug-likeness (QED) is 0.842. The van der Waals surface area contributed by atoms with Crippen molar-refractivity contribution in [3.8, 4) is 0 Å². The van der Waals surface area contributed by atoms with E-state index in [0.717, 1.165) is 24.0 Å². The van der Waals surface area contributed by atoms with Crippen LogP contribution in [0.2, 0.25) is 5.02 Å². The van der Waals surface area contributed by atoms with Crippen LogP contribution < -0.4 is 10.6 Å². The molecule has 1 fully saturated rings. The molecule has 114 valence electrons. The molecule has 1 aliphatic carbocycles. The van der Waals surface area contributed by atoms with E-state index in [2.05, 4.69) is 41.8 Å². The van der Waals surface area contributed by atoms with E-state index in [-0.39, 0.29) is 11.6 Å². The predicted octanol–water partition coefficient (Wildman–Crippen LogP) is 4.77. The van der Waals surface area contributed by atoms with Gasteiger partial charge in [-0.25, -0.2) is 4.79 Å².